The minimum absolute atomic E-state index is 0.0353. The molecule has 0 spiro atoms. The van der Waals surface area contributed by atoms with Crippen LogP contribution in [0.5, 0.6) is 0 Å². The topological polar surface area (TPSA) is 230 Å². The van der Waals surface area contributed by atoms with E-state index in [1.54, 1.807) is 17.6 Å². The molecule has 0 radical (unpaired) electrons. The van der Waals surface area contributed by atoms with Crippen LogP contribution in [0.25, 0.3) is 5.65 Å². The number of aromatic nitrogens is 3. The van der Waals surface area contributed by atoms with Crippen LogP contribution in [0, 0.1) is 0 Å². The highest BCUT2D eigenvalue weighted by atomic mass is 16.5. The van der Waals surface area contributed by atoms with Crippen LogP contribution in [0.2, 0.25) is 0 Å². The number of likely N-dealkylation sites (tertiary alicyclic amines) is 1. The molecule has 1 aliphatic rings. The van der Waals surface area contributed by atoms with E-state index in [4.69, 9.17) is 29.9 Å². The predicted octanol–water partition coefficient (Wildman–Crippen LogP) is 4.40. The Morgan fingerprint density at radius 3 is 1.80 bits per heavy atom. The minimum atomic E-state index is -1.26. The second kappa shape index (κ2) is 22.5. The van der Waals surface area contributed by atoms with E-state index in [1.165, 1.54) is 11.1 Å². The van der Waals surface area contributed by atoms with Crippen molar-refractivity contribution in [3.05, 3.63) is 120 Å². The van der Waals surface area contributed by atoms with Crippen LogP contribution in [-0.2, 0) is 28.7 Å². The SMILES string of the molecule is CCOC(=O)c1cn2nc(NCCCN3CCC(OC(c4ccccc4)c4ccccc4)CC3)ccc2n1.O=C(O)/C=C/C(=O)O.O=C(O)/C=C/C(=O)O. The van der Waals surface area contributed by atoms with Crippen LogP contribution < -0.4 is 5.32 Å². The monoisotopic (exact) mass is 745 g/mol. The number of hydrogen-bond donors (Lipinski definition) is 5. The number of carbonyl (C=O) groups excluding carboxylic acids is 1. The van der Waals surface area contributed by atoms with Crippen molar-refractivity contribution in [1.29, 1.82) is 0 Å². The van der Waals surface area contributed by atoms with Gasteiger partial charge in [0.15, 0.2) is 11.3 Å². The lowest BCUT2D eigenvalue weighted by Crippen LogP contribution is -2.38. The highest BCUT2D eigenvalue weighted by Gasteiger charge is 2.24. The van der Waals surface area contributed by atoms with Gasteiger partial charge >= 0.3 is 29.8 Å². The standard InChI is InChI=1S/C30H35N5O3.2C4H4O4/c1-2-37-30(36)26-22-35-28(32-26)15-14-27(33-35)31-18-9-19-34-20-16-25(17-21-34)38-29(23-10-5-3-6-11-23)24-12-7-4-8-13-24;2*5-3(6)1-2-4(7)8/h3-8,10-15,22,25,29H,2,9,16-21H2,1H3,(H,31,33);2*1-2H,(H,5,6)(H,7,8)/b;2*2-1+. The molecule has 0 bridgehead atoms. The summed E-state index contributed by atoms with van der Waals surface area (Å²) in [6.07, 6.45) is 7.13. The molecule has 286 valence electrons. The zero-order valence-corrected chi connectivity index (χ0v) is 29.6. The van der Waals surface area contributed by atoms with Gasteiger partial charge in [-0.15, -0.1) is 5.10 Å². The number of carboxylic acids is 4. The van der Waals surface area contributed by atoms with E-state index in [0.29, 0.717) is 36.6 Å². The van der Waals surface area contributed by atoms with Crippen LogP contribution in [0.3, 0.4) is 0 Å². The molecule has 0 saturated carbocycles. The first-order chi connectivity index (χ1) is 25.9. The van der Waals surface area contributed by atoms with Crippen molar-refractivity contribution in [3.63, 3.8) is 0 Å². The number of piperidine rings is 1. The molecule has 2 aromatic carbocycles. The van der Waals surface area contributed by atoms with Gasteiger partial charge in [0.1, 0.15) is 11.9 Å². The predicted molar refractivity (Wildman–Crippen MR) is 196 cm³/mol. The van der Waals surface area contributed by atoms with Gasteiger partial charge in [-0.1, -0.05) is 60.7 Å². The summed E-state index contributed by atoms with van der Waals surface area (Å²) in [4.78, 5) is 56.9. The van der Waals surface area contributed by atoms with Gasteiger partial charge in [-0.25, -0.2) is 33.5 Å². The van der Waals surface area contributed by atoms with Crippen LogP contribution in [-0.4, -0.2) is 109 Å². The molecule has 16 nitrogen and oxygen atoms in total. The number of anilines is 1. The van der Waals surface area contributed by atoms with Crippen molar-refractivity contribution in [3.8, 4) is 0 Å². The third-order valence-electron chi connectivity index (χ3n) is 7.57. The molecule has 16 heteroatoms. The third kappa shape index (κ3) is 15.5. The van der Waals surface area contributed by atoms with Crippen molar-refractivity contribution in [2.75, 3.05) is 38.1 Å². The van der Waals surface area contributed by atoms with E-state index in [-0.39, 0.29) is 17.9 Å². The van der Waals surface area contributed by atoms with Crippen molar-refractivity contribution >= 4 is 41.3 Å². The third-order valence-corrected chi connectivity index (χ3v) is 7.57. The minimum Gasteiger partial charge on any atom is -0.478 e. The smallest absolute Gasteiger partial charge is 0.358 e. The molecule has 1 aliphatic heterocycles. The molecule has 4 aromatic rings. The van der Waals surface area contributed by atoms with Crippen molar-refractivity contribution in [2.45, 2.75) is 38.4 Å². The molecule has 2 aromatic heterocycles. The summed E-state index contributed by atoms with van der Waals surface area (Å²) < 4.78 is 13.3. The first kappa shape index (κ1) is 42.0. The number of nitrogens with zero attached hydrogens (tertiary/aromatic N) is 4. The Morgan fingerprint density at radius 2 is 1.31 bits per heavy atom. The molecule has 54 heavy (non-hydrogen) atoms. The highest BCUT2D eigenvalue weighted by Crippen LogP contribution is 2.30. The Morgan fingerprint density at radius 1 is 0.796 bits per heavy atom. The summed E-state index contributed by atoms with van der Waals surface area (Å²) in [6, 6.07) is 24.7. The molecule has 0 unspecified atom stereocenters. The first-order valence-corrected chi connectivity index (χ1v) is 17.0. The lowest BCUT2D eigenvalue weighted by molar-refractivity contribution is -0.134. The molecule has 0 amide bonds. The van der Waals surface area contributed by atoms with E-state index in [2.05, 4.69) is 68.8 Å². The Hall–Kier alpha value is -6.39. The van der Waals surface area contributed by atoms with Gasteiger partial charge in [-0.3, -0.25) is 0 Å². The number of aliphatic carboxylic acids is 4. The number of carbonyl (C=O) groups is 5. The van der Waals surface area contributed by atoms with E-state index in [1.807, 2.05) is 24.3 Å². The number of hydrogen-bond acceptors (Lipinski definition) is 11. The van der Waals surface area contributed by atoms with E-state index < -0.39 is 29.8 Å². The largest absolute Gasteiger partial charge is 0.478 e. The average Bonchev–Trinajstić information content (AvgIpc) is 3.60. The fraction of sp³-hybridized carbons (Fsp3) is 0.289. The number of nitrogens with one attached hydrogen (secondary N) is 1. The second-order valence-electron chi connectivity index (χ2n) is 11.5. The molecule has 0 atom stereocenters. The number of imidazole rings is 1. The zero-order valence-electron chi connectivity index (χ0n) is 29.6. The zero-order chi connectivity index (χ0) is 39.3. The Labute approximate surface area is 311 Å². The molecule has 5 rings (SSSR count). The Balaban J connectivity index is 0.000000410. The number of carboxylic acid groups (broad SMARTS) is 4. The highest BCUT2D eigenvalue weighted by molar-refractivity contribution is 5.90. The summed E-state index contributed by atoms with van der Waals surface area (Å²) in [5, 5.41) is 39.1. The quantitative estimate of drug-likeness (QED) is 0.0645. The lowest BCUT2D eigenvalue weighted by atomic mass is 10.00. The molecule has 1 saturated heterocycles. The average molecular weight is 746 g/mol. The molecular formula is C38H43N5O11. The van der Waals surface area contributed by atoms with E-state index in [9.17, 15) is 24.0 Å². The second-order valence-corrected chi connectivity index (χ2v) is 11.5. The van der Waals surface area contributed by atoms with Crippen molar-refractivity contribution in [2.24, 2.45) is 0 Å². The van der Waals surface area contributed by atoms with Crippen molar-refractivity contribution < 1.29 is 53.9 Å². The van der Waals surface area contributed by atoms with Crippen LogP contribution in [0.15, 0.2) is 103 Å². The molecule has 0 aliphatic carbocycles. The van der Waals surface area contributed by atoms with Gasteiger partial charge in [-0.05, 0) is 56.0 Å². The van der Waals surface area contributed by atoms with Crippen LogP contribution in [0.4, 0.5) is 5.82 Å². The Bertz CT molecular complexity index is 1770. The van der Waals surface area contributed by atoms with Gasteiger partial charge in [0, 0.05) is 43.9 Å². The van der Waals surface area contributed by atoms with Crippen LogP contribution >= 0.6 is 0 Å². The maximum atomic E-state index is 11.9. The summed E-state index contributed by atoms with van der Waals surface area (Å²) in [7, 11) is 0. The number of ether oxygens (including phenoxy) is 2. The van der Waals surface area contributed by atoms with Gasteiger partial charge in [-0.2, -0.15) is 0 Å². The number of fused-ring (bicyclic) bond motifs is 1. The summed E-state index contributed by atoms with van der Waals surface area (Å²) in [6.45, 7) is 6.02. The normalized spacial score (nSPS) is 13.1. The van der Waals surface area contributed by atoms with Crippen LogP contribution in [0.1, 0.15) is 53.9 Å². The van der Waals surface area contributed by atoms with Gasteiger partial charge in [0.05, 0.1) is 18.9 Å². The summed E-state index contributed by atoms with van der Waals surface area (Å²) >= 11 is 0. The fourth-order valence-corrected chi connectivity index (χ4v) is 5.15. The van der Waals surface area contributed by atoms with Crippen molar-refractivity contribution in [1.82, 2.24) is 19.5 Å². The van der Waals surface area contributed by atoms with Gasteiger partial charge in [0.2, 0.25) is 0 Å². The number of benzene rings is 2. The van der Waals surface area contributed by atoms with Gasteiger partial charge < -0.3 is 40.1 Å². The molecular weight excluding hydrogens is 702 g/mol. The molecule has 1 fully saturated rings. The molecule has 3 heterocycles. The van der Waals surface area contributed by atoms with E-state index in [0.717, 1.165) is 51.3 Å². The maximum Gasteiger partial charge on any atom is 0.358 e. The summed E-state index contributed by atoms with van der Waals surface area (Å²) in [5.74, 6) is -4.71. The van der Waals surface area contributed by atoms with Gasteiger partial charge in [0.25, 0.3) is 0 Å². The lowest BCUT2D eigenvalue weighted by Gasteiger charge is -2.34. The molecule has 5 N–H and O–H groups in total. The number of esters is 1. The Kier molecular flexibility index (Phi) is 17.5. The first-order valence-electron chi connectivity index (χ1n) is 17.0. The maximum absolute atomic E-state index is 11.9. The fourth-order valence-electron chi connectivity index (χ4n) is 5.15. The number of rotatable bonds is 15. The van der Waals surface area contributed by atoms with E-state index >= 15 is 0 Å². The summed E-state index contributed by atoms with van der Waals surface area (Å²) in [5.41, 5.74) is 3.28.